The van der Waals surface area contributed by atoms with Crippen molar-refractivity contribution in [3.8, 4) is 0 Å². The molecule has 2 aromatic rings. The van der Waals surface area contributed by atoms with Gasteiger partial charge in [0.25, 0.3) is 5.91 Å². The molecule has 1 amide bonds. The zero-order chi connectivity index (χ0) is 17.9. The maximum Gasteiger partial charge on any atom is 0.252 e. The molecule has 24 heavy (non-hydrogen) atoms. The van der Waals surface area contributed by atoms with Gasteiger partial charge in [0.05, 0.1) is 10.9 Å². The fraction of sp³-hybridized carbons (Fsp3) is 0.278. The van der Waals surface area contributed by atoms with Gasteiger partial charge in [0.2, 0.25) is 0 Å². The van der Waals surface area contributed by atoms with E-state index in [2.05, 4.69) is 5.32 Å². The smallest absolute Gasteiger partial charge is 0.252 e. The van der Waals surface area contributed by atoms with E-state index in [1.807, 2.05) is 19.1 Å². The molecule has 0 aromatic heterocycles. The van der Waals surface area contributed by atoms with Crippen molar-refractivity contribution in [2.75, 3.05) is 6.26 Å². The van der Waals surface area contributed by atoms with Gasteiger partial charge in [0, 0.05) is 16.8 Å². The Labute approximate surface area is 147 Å². The number of amides is 1. The second-order valence-corrected chi connectivity index (χ2v) is 8.19. The third-order valence-corrected chi connectivity index (χ3v) is 5.23. The standard InChI is InChI=1S/C18H20ClNO3S/c1-4-17(13-6-8-14(19)9-7-13)20-18(21)16-11-15(24(3,22)23)10-5-12(16)2/h5-11,17H,4H2,1-3H3,(H,20,21)/t17-/m0/s1. The SMILES string of the molecule is CC[C@H](NC(=O)c1cc(S(C)(=O)=O)ccc1C)c1ccc(Cl)cc1. The first-order valence-corrected chi connectivity index (χ1v) is 9.86. The lowest BCUT2D eigenvalue weighted by atomic mass is 10.0. The van der Waals surface area contributed by atoms with Crippen LogP contribution in [0.25, 0.3) is 0 Å². The lowest BCUT2D eigenvalue weighted by Crippen LogP contribution is -2.28. The Hall–Kier alpha value is -1.85. The van der Waals surface area contributed by atoms with E-state index in [1.54, 1.807) is 25.1 Å². The molecule has 0 unspecified atom stereocenters. The largest absolute Gasteiger partial charge is 0.345 e. The van der Waals surface area contributed by atoms with Crippen molar-refractivity contribution in [2.45, 2.75) is 31.2 Å². The monoisotopic (exact) mass is 365 g/mol. The number of benzene rings is 2. The molecule has 6 heteroatoms. The van der Waals surface area contributed by atoms with Crippen molar-refractivity contribution in [3.63, 3.8) is 0 Å². The summed E-state index contributed by atoms with van der Waals surface area (Å²) in [7, 11) is -3.36. The van der Waals surface area contributed by atoms with E-state index in [-0.39, 0.29) is 16.8 Å². The molecule has 0 fully saturated rings. The van der Waals surface area contributed by atoms with Crippen molar-refractivity contribution in [1.29, 1.82) is 0 Å². The van der Waals surface area contributed by atoms with Crippen LogP contribution in [0.1, 0.15) is 40.9 Å². The molecular weight excluding hydrogens is 346 g/mol. The first kappa shape index (κ1) is 18.5. The Morgan fingerprint density at radius 3 is 2.33 bits per heavy atom. The third-order valence-electron chi connectivity index (χ3n) is 3.87. The van der Waals surface area contributed by atoms with Gasteiger partial charge in [-0.3, -0.25) is 4.79 Å². The molecule has 2 aromatic carbocycles. The zero-order valence-electron chi connectivity index (χ0n) is 13.8. The van der Waals surface area contributed by atoms with Gasteiger partial charge in [-0.1, -0.05) is 36.7 Å². The van der Waals surface area contributed by atoms with Crippen LogP contribution in [0.4, 0.5) is 0 Å². The summed E-state index contributed by atoms with van der Waals surface area (Å²) in [5.41, 5.74) is 2.04. The Morgan fingerprint density at radius 2 is 1.79 bits per heavy atom. The average molecular weight is 366 g/mol. The Balaban J connectivity index is 2.29. The molecule has 1 atom stereocenters. The van der Waals surface area contributed by atoms with Gasteiger partial charge in [-0.2, -0.15) is 0 Å². The van der Waals surface area contributed by atoms with Gasteiger partial charge in [-0.15, -0.1) is 0 Å². The average Bonchev–Trinajstić information content (AvgIpc) is 2.52. The number of carbonyl (C=O) groups excluding carboxylic acids is 1. The lowest BCUT2D eigenvalue weighted by molar-refractivity contribution is 0.0934. The van der Waals surface area contributed by atoms with E-state index < -0.39 is 9.84 Å². The summed E-state index contributed by atoms with van der Waals surface area (Å²) in [4.78, 5) is 12.8. The van der Waals surface area contributed by atoms with Crippen molar-refractivity contribution in [3.05, 3.63) is 64.2 Å². The summed E-state index contributed by atoms with van der Waals surface area (Å²) in [5, 5.41) is 3.60. The summed E-state index contributed by atoms with van der Waals surface area (Å²) < 4.78 is 23.4. The van der Waals surface area contributed by atoms with Crippen molar-refractivity contribution >= 4 is 27.3 Å². The van der Waals surface area contributed by atoms with Gasteiger partial charge >= 0.3 is 0 Å². The number of aryl methyl sites for hydroxylation is 1. The van der Waals surface area contributed by atoms with Crippen LogP contribution in [0.2, 0.25) is 5.02 Å². The quantitative estimate of drug-likeness (QED) is 0.873. The highest BCUT2D eigenvalue weighted by molar-refractivity contribution is 7.90. The van der Waals surface area contributed by atoms with Crippen LogP contribution in [0, 0.1) is 6.92 Å². The Bertz CT molecular complexity index is 845. The van der Waals surface area contributed by atoms with Crippen LogP contribution in [-0.4, -0.2) is 20.6 Å². The molecule has 0 radical (unpaired) electrons. The number of hydrogen-bond donors (Lipinski definition) is 1. The number of carbonyl (C=O) groups is 1. The van der Waals surface area contributed by atoms with Gasteiger partial charge in [0.15, 0.2) is 9.84 Å². The minimum absolute atomic E-state index is 0.137. The minimum atomic E-state index is -3.36. The number of rotatable bonds is 5. The normalized spacial score (nSPS) is 12.7. The highest BCUT2D eigenvalue weighted by Crippen LogP contribution is 2.21. The van der Waals surface area contributed by atoms with Gasteiger partial charge < -0.3 is 5.32 Å². The second-order valence-electron chi connectivity index (χ2n) is 5.73. The Kier molecular flexibility index (Phi) is 5.67. The predicted octanol–water partition coefficient (Wildman–Crippen LogP) is 3.93. The molecule has 0 aliphatic carbocycles. The molecule has 2 rings (SSSR count). The molecule has 1 N–H and O–H groups in total. The lowest BCUT2D eigenvalue weighted by Gasteiger charge is -2.18. The molecular formula is C18H20ClNO3S. The van der Waals surface area contributed by atoms with Crippen molar-refractivity contribution in [1.82, 2.24) is 5.32 Å². The number of hydrogen-bond acceptors (Lipinski definition) is 3. The van der Waals surface area contributed by atoms with Gasteiger partial charge in [0.1, 0.15) is 0 Å². The number of sulfone groups is 1. The molecule has 0 heterocycles. The van der Waals surface area contributed by atoms with Gasteiger partial charge in [-0.25, -0.2) is 8.42 Å². The third kappa shape index (κ3) is 4.36. The fourth-order valence-corrected chi connectivity index (χ4v) is 3.20. The fourth-order valence-electron chi connectivity index (χ4n) is 2.43. The van der Waals surface area contributed by atoms with E-state index in [4.69, 9.17) is 11.6 Å². The molecule has 0 aliphatic heterocycles. The van der Waals surface area contributed by atoms with Crippen LogP contribution >= 0.6 is 11.6 Å². The summed E-state index contributed by atoms with van der Waals surface area (Å²) in [5.74, 6) is -0.292. The summed E-state index contributed by atoms with van der Waals surface area (Å²) >= 11 is 5.90. The summed E-state index contributed by atoms with van der Waals surface area (Å²) in [6.45, 7) is 3.75. The molecule has 128 valence electrons. The van der Waals surface area contributed by atoms with E-state index in [0.717, 1.165) is 17.4 Å². The highest BCUT2D eigenvalue weighted by atomic mass is 35.5. The van der Waals surface area contributed by atoms with Crippen LogP contribution in [-0.2, 0) is 9.84 Å². The molecule has 0 aliphatic rings. The second kappa shape index (κ2) is 7.36. The maximum absolute atomic E-state index is 12.6. The van der Waals surface area contributed by atoms with E-state index in [1.165, 1.54) is 12.1 Å². The molecule has 0 saturated carbocycles. The van der Waals surface area contributed by atoms with Crippen molar-refractivity contribution in [2.24, 2.45) is 0 Å². The minimum Gasteiger partial charge on any atom is -0.345 e. The predicted molar refractivity (Wildman–Crippen MR) is 96.2 cm³/mol. The van der Waals surface area contributed by atoms with E-state index in [9.17, 15) is 13.2 Å². The maximum atomic E-state index is 12.6. The van der Waals surface area contributed by atoms with Crippen LogP contribution in [0.3, 0.4) is 0 Å². The number of halogens is 1. The van der Waals surface area contributed by atoms with Gasteiger partial charge in [-0.05, 0) is 48.7 Å². The highest BCUT2D eigenvalue weighted by Gasteiger charge is 2.18. The molecule has 0 bridgehead atoms. The molecule has 0 saturated heterocycles. The zero-order valence-corrected chi connectivity index (χ0v) is 15.4. The van der Waals surface area contributed by atoms with Crippen LogP contribution in [0.5, 0.6) is 0 Å². The van der Waals surface area contributed by atoms with Crippen LogP contribution < -0.4 is 5.32 Å². The summed E-state index contributed by atoms with van der Waals surface area (Å²) in [6, 6.07) is 11.7. The first-order chi connectivity index (χ1) is 11.2. The van der Waals surface area contributed by atoms with Crippen molar-refractivity contribution < 1.29 is 13.2 Å². The first-order valence-electron chi connectivity index (χ1n) is 7.59. The number of nitrogens with one attached hydrogen (secondary N) is 1. The molecule has 4 nitrogen and oxygen atoms in total. The summed E-state index contributed by atoms with van der Waals surface area (Å²) in [6.07, 6.45) is 1.83. The topological polar surface area (TPSA) is 63.2 Å². The van der Waals surface area contributed by atoms with E-state index in [0.29, 0.717) is 17.0 Å². The van der Waals surface area contributed by atoms with Crippen LogP contribution in [0.15, 0.2) is 47.4 Å². The Morgan fingerprint density at radius 1 is 1.17 bits per heavy atom. The molecule has 0 spiro atoms. The van der Waals surface area contributed by atoms with E-state index >= 15 is 0 Å².